The fraction of sp³-hybridized carbons (Fsp3) is 0.471. The Labute approximate surface area is 149 Å². The Kier molecular flexibility index (Phi) is 5.64. The van der Waals surface area contributed by atoms with Crippen molar-refractivity contribution in [2.45, 2.75) is 26.7 Å². The van der Waals surface area contributed by atoms with E-state index in [-0.39, 0.29) is 24.8 Å². The molecule has 0 bridgehead atoms. The van der Waals surface area contributed by atoms with Crippen LogP contribution >= 0.6 is 15.9 Å². The summed E-state index contributed by atoms with van der Waals surface area (Å²) in [4.78, 5) is 37.1. The molecule has 0 aromatic heterocycles. The van der Waals surface area contributed by atoms with E-state index in [0.717, 1.165) is 10.2 Å². The number of nitrogens with zero attached hydrogens (tertiary/aromatic N) is 1. The van der Waals surface area contributed by atoms with E-state index in [1.165, 1.54) is 0 Å². The van der Waals surface area contributed by atoms with Gasteiger partial charge in [-0.2, -0.15) is 0 Å². The Bertz CT molecular complexity index is 660. The Hall–Kier alpha value is -1.89. The molecular weight excluding hydrogens is 376 g/mol. The molecule has 1 saturated heterocycles. The zero-order valence-electron chi connectivity index (χ0n) is 13.7. The molecule has 0 aliphatic carbocycles. The minimum absolute atomic E-state index is 0.0899. The number of hydrogen-bond acceptors (Lipinski definition) is 3. The number of carbonyl (C=O) groups excluding carboxylic acids is 2. The van der Waals surface area contributed by atoms with Crippen molar-refractivity contribution in [3.05, 3.63) is 28.7 Å². The molecule has 2 N–H and O–H groups in total. The van der Waals surface area contributed by atoms with Crippen molar-refractivity contribution in [1.29, 1.82) is 0 Å². The Morgan fingerprint density at radius 3 is 2.67 bits per heavy atom. The number of carboxylic acid groups (broad SMARTS) is 1. The van der Waals surface area contributed by atoms with Gasteiger partial charge in [0, 0.05) is 24.0 Å². The average molecular weight is 397 g/mol. The molecule has 7 heteroatoms. The number of aliphatic carboxylic acids is 1. The van der Waals surface area contributed by atoms with Gasteiger partial charge in [0.1, 0.15) is 0 Å². The lowest BCUT2D eigenvalue weighted by Crippen LogP contribution is -2.36. The molecule has 0 radical (unpaired) electrons. The molecule has 1 aromatic rings. The Balaban J connectivity index is 1.92. The standard InChI is InChI=1S/C17H21BrN2O4/c1-17(2,16(23)24)7-8-19-15(22)11-9-14(21)20(10-11)13-6-4-3-5-12(13)18/h3-6,11H,7-10H2,1-2H3,(H,19,22)(H,23,24). The molecule has 1 fully saturated rings. The van der Waals surface area contributed by atoms with Crippen LogP contribution < -0.4 is 10.2 Å². The summed E-state index contributed by atoms with van der Waals surface area (Å²) in [6.07, 6.45) is 0.498. The lowest BCUT2D eigenvalue weighted by Gasteiger charge is -2.20. The molecule has 1 aliphatic heterocycles. The number of para-hydroxylation sites is 1. The van der Waals surface area contributed by atoms with Gasteiger partial charge in [0.05, 0.1) is 17.0 Å². The van der Waals surface area contributed by atoms with Crippen LogP contribution in [0, 0.1) is 11.3 Å². The number of nitrogens with one attached hydrogen (secondary N) is 1. The first-order valence-corrected chi connectivity index (χ1v) is 8.57. The van der Waals surface area contributed by atoms with Crippen molar-refractivity contribution >= 4 is 39.4 Å². The molecule has 6 nitrogen and oxygen atoms in total. The molecule has 0 spiro atoms. The van der Waals surface area contributed by atoms with E-state index >= 15 is 0 Å². The fourth-order valence-corrected chi connectivity index (χ4v) is 3.03. The van der Waals surface area contributed by atoms with Crippen LogP contribution in [0.4, 0.5) is 5.69 Å². The van der Waals surface area contributed by atoms with Crippen LogP contribution in [0.25, 0.3) is 0 Å². The molecule has 2 rings (SSSR count). The van der Waals surface area contributed by atoms with E-state index in [1.807, 2.05) is 24.3 Å². The maximum atomic E-state index is 12.3. The second kappa shape index (κ2) is 7.34. The number of amides is 2. The molecule has 2 amide bonds. The van der Waals surface area contributed by atoms with Crippen LogP contribution in [-0.4, -0.2) is 36.0 Å². The van der Waals surface area contributed by atoms with Crippen molar-refractivity contribution in [1.82, 2.24) is 5.32 Å². The first kappa shape index (κ1) is 18.4. The predicted octanol–water partition coefficient (Wildman–Crippen LogP) is 2.42. The molecule has 24 heavy (non-hydrogen) atoms. The SMILES string of the molecule is CC(C)(CCNC(=O)C1CC(=O)N(c2ccccc2Br)C1)C(=O)O. The number of rotatable bonds is 6. The van der Waals surface area contributed by atoms with Crippen molar-refractivity contribution in [3.8, 4) is 0 Å². The van der Waals surface area contributed by atoms with Crippen LogP contribution in [0.1, 0.15) is 26.7 Å². The summed E-state index contributed by atoms with van der Waals surface area (Å²) < 4.78 is 0.808. The second-order valence-electron chi connectivity index (χ2n) is 6.59. The van der Waals surface area contributed by atoms with Gasteiger partial charge in [0.2, 0.25) is 11.8 Å². The van der Waals surface area contributed by atoms with E-state index in [9.17, 15) is 14.4 Å². The normalized spacial score (nSPS) is 17.9. The zero-order chi connectivity index (χ0) is 17.9. The largest absolute Gasteiger partial charge is 0.481 e. The van der Waals surface area contributed by atoms with E-state index in [1.54, 1.807) is 18.7 Å². The average Bonchev–Trinajstić information content (AvgIpc) is 2.89. The maximum Gasteiger partial charge on any atom is 0.309 e. The van der Waals surface area contributed by atoms with Gasteiger partial charge >= 0.3 is 5.97 Å². The fourth-order valence-electron chi connectivity index (χ4n) is 2.54. The van der Waals surface area contributed by atoms with Crippen LogP contribution in [0.3, 0.4) is 0 Å². The van der Waals surface area contributed by atoms with E-state index in [4.69, 9.17) is 5.11 Å². The van der Waals surface area contributed by atoms with Gasteiger partial charge in [-0.25, -0.2) is 0 Å². The minimum Gasteiger partial charge on any atom is -0.481 e. The van der Waals surface area contributed by atoms with Crippen molar-refractivity contribution in [3.63, 3.8) is 0 Å². The quantitative estimate of drug-likeness (QED) is 0.772. The highest BCUT2D eigenvalue weighted by Gasteiger charge is 2.36. The van der Waals surface area contributed by atoms with Crippen LogP contribution in [0.5, 0.6) is 0 Å². The van der Waals surface area contributed by atoms with Crippen LogP contribution in [0.15, 0.2) is 28.7 Å². The predicted molar refractivity (Wildman–Crippen MR) is 93.6 cm³/mol. The van der Waals surface area contributed by atoms with Gasteiger partial charge in [-0.15, -0.1) is 0 Å². The van der Waals surface area contributed by atoms with Gasteiger partial charge in [-0.1, -0.05) is 12.1 Å². The van der Waals surface area contributed by atoms with Crippen molar-refractivity contribution < 1.29 is 19.5 Å². The number of anilines is 1. The summed E-state index contributed by atoms with van der Waals surface area (Å²) in [6.45, 7) is 3.85. The second-order valence-corrected chi connectivity index (χ2v) is 7.44. The monoisotopic (exact) mass is 396 g/mol. The maximum absolute atomic E-state index is 12.3. The van der Waals surface area contributed by atoms with Gasteiger partial charge in [-0.3, -0.25) is 14.4 Å². The smallest absolute Gasteiger partial charge is 0.309 e. The van der Waals surface area contributed by atoms with Gasteiger partial charge in [0.25, 0.3) is 0 Å². The van der Waals surface area contributed by atoms with E-state index in [2.05, 4.69) is 21.2 Å². The van der Waals surface area contributed by atoms with Gasteiger partial charge in [-0.05, 0) is 48.3 Å². The van der Waals surface area contributed by atoms with Crippen LogP contribution in [-0.2, 0) is 14.4 Å². The third-order valence-electron chi connectivity index (χ3n) is 4.27. The minimum atomic E-state index is -0.895. The summed E-state index contributed by atoms with van der Waals surface area (Å²) in [5.74, 6) is -1.61. The first-order chi connectivity index (χ1) is 11.2. The first-order valence-electron chi connectivity index (χ1n) is 7.78. The topological polar surface area (TPSA) is 86.7 Å². The number of hydrogen-bond donors (Lipinski definition) is 2. The number of carboxylic acids is 1. The molecule has 1 heterocycles. The molecule has 130 valence electrons. The Morgan fingerprint density at radius 2 is 2.04 bits per heavy atom. The molecule has 1 aliphatic rings. The third-order valence-corrected chi connectivity index (χ3v) is 4.94. The van der Waals surface area contributed by atoms with Crippen molar-refractivity contribution in [2.24, 2.45) is 11.3 Å². The summed E-state index contributed by atoms with van der Waals surface area (Å²) in [5, 5.41) is 11.8. The lowest BCUT2D eigenvalue weighted by atomic mass is 9.89. The summed E-state index contributed by atoms with van der Waals surface area (Å²) in [5.41, 5.74) is -0.135. The molecule has 1 aromatic carbocycles. The molecule has 0 saturated carbocycles. The van der Waals surface area contributed by atoms with Crippen LogP contribution in [0.2, 0.25) is 0 Å². The highest BCUT2D eigenvalue weighted by atomic mass is 79.9. The highest BCUT2D eigenvalue weighted by Crippen LogP contribution is 2.31. The number of carbonyl (C=O) groups is 3. The molecular formula is C17H21BrN2O4. The third kappa shape index (κ3) is 4.14. The van der Waals surface area contributed by atoms with E-state index in [0.29, 0.717) is 13.0 Å². The van der Waals surface area contributed by atoms with Crippen molar-refractivity contribution in [2.75, 3.05) is 18.0 Å². The zero-order valence-corrected chi connectivity index (χ0v) is 15.3. The summed E-state index contributed by atoms with van der Waals surface area (Å²) in [6, 6.07) is 7.39. The summed E-state index contributed by atoms with van der Waals surface area (Å²) >= 11 is 3.42. The van der Waals surface area contributed by atoms with Gasteiger partial charge in [0.15, 0.2) is 0 Å². The van der Waals surface area contributed by atoms with E-state index < -0.39 is 17.3 Å². The Morgan fingerprint density at radius 1 is 1.38 bits per heavy atom. The summed E-state index contributed by atoms with van der Waals surface area (Å²) in [7, 11) is 0. The lowest BCUT2D eigenvalue weighted by molar-refractivity contribution is -0.147. The number of benzene rings is 1. The highest BCUT2D eigenvalue weighted by molar-refractivity contribution is 9.10. The molecule has 1 unspecified atom stereocenters. The molecule has 1 atom stereocenters. The number of halogens is 1. The van der Waals surface area contributed by atoms with Gasteiger partial charge < -0.3 is 15.3 Å².